The van der Waals surface area contributed by atoms with Gasteiger partial charge in [0.05, 0.1) is 24.7 Å². The minimum atomic E-state index is -0.295. The number of hydrogen-bond acceptors (Lipinski definition) is 3. The van der Waals surface area contributed by atoms with Gasteiger partial charge in [0, 0.05) is 19.7 Å². The topological polar surface area (TPSA) is 38.8 Å². The molecule has 86 valence electrons. The molecule has 0 aromatic carbocycles. The maximum atomic E-state index is 12.3. The average Bonchev–Trinajstić information content (AvgIpc) is 2.65. The largest absolute Gasteiger partial charge is 0.380 e. The summed E-state index contributed by atoms with van der Waals surface area (Å²) in [4.78, 5) is 14.2. The lowest BCUT2D eigenvalue weighted by Gasteiger charge is -2.35. The molecule has 0 aromatic rings. The van der Waals surface area contributed by atoms with E-state index in [4.69, 9.17) is 9.47 Å². The summed E-state index contributed by atoms with van der Waals surface area (Å²) in [6.07, 6.45) is 1.01. The van der Waals surface area contributed by atoms with E-state index in [-0.39, 0.29) is 17.4 Å². The molecule has 1 amide bonds. The van der Waals surface area contributed by atoms with E-state index in [0.29, 0.717) is 26.4 Å². The Bertz CT molecular complexity index is 248. The maximum absolute atomic E-state index is 12.3. The molecule has 0 aliphatic carbocycles. The Morgan fingerprint density at radius 2 is 2.27 bits per heavy atom. The van der Waals surface area contributed by atoms with Crippen LogP contribution in [0.4, 0.5) is 0 Å². The van der Waals surface area contributed by atoms with E-state index >= 15 is 0 Å². The van der Waals surface area contributed by atoms with E-state index in [1.54, 1.807) is 0 Å². The fourth-order valence-corrected chi connectivity index (χ4v) is 2.22. The molecule has 15 heavy (non-hydrogen) atoms. The average molecular weight is 213 g/mol. The molecule has 2 saturated heterocycles. The van der Waals surface area contributed by atoms with Gasteiger partial charge in [-0.3, -0.25) is 4.79 Å². The summed E-state index contributed by atoms with van der Waals surface area (Å²) in [5, 5.41) is 0. The van der Waals surface area contributed by atoms with Crippen LogP contribution in [0.2, 0.25) is 0 Å². The Labute approximate surface area is 90.5 Å². The number of carbonyl (C=O) groups excluding carboxylic acids is 1. The van der Waals surface area contributed by atoms with Crippen molar-refractivity contribution in [3.05, 3.63) is 0 Å². The highest BCUT2D eigenvalue weighted by Gasteiger charge is 2.41. The molecule has 2 fully saturated rings. The van der Waals surface area contributed by atoms with Gasteiger partial charge in [-0.25, -0.2) is 0 Å². The van der Waals surface area contributed by atoms with Gasteiger partial charge in [0.15, 0.2) is 0 Å². The van der Waals surface area contributed by atoms with Crippen molar-refractivity contribution < 1.29 is 14.3 Å². The summed E-state index contributed by atoms with van der Waals surface area (Å²) < 4.78 is 10.7. The van der Waals surface area contributed by atoms with E-state index in [9.17, 15) is 4.79 Å². The maximum Gasteiger partial charge on any atom is 0.231 e. The van der Waals surface area contributed by atoms with Crippen molar-refractivity contribution in [3.63, 3.8) is 0 Å². The zero-order valence-electron chi connectivity index (χ0n) is 9.49. The highest BCUT2D eigenvalue weighted by molar-refractivity contribution is 5.82. The molecule has 4 nitrogen and oxygen atoms in total. The number of hydrogen-bond donors (Lipinski definition) is 0. The summed E-state index contributed by atoms with van der Waals surface area (Å²) >= 11 is 0. The van der Waals surface area contributed by atoms with Crippen LogP contribution < -0.4 is 0 Å². The number of carbonyl (C=O) groups is 1. The smallest absolute Gasteiger partial charge is 0.231 e. The Balaban J connectivity index is 2.00. The van der Waals surface area contributed by atoms with Crippen molar-refractivity contribution in [2.75, 3.05) is 32.9 Å². The van der Waals surface area contributed by atoms with Gasteiger partial charge < -0.3 is 14.4 Å². The molecule has 0 spiro atoms. The summed E-state index contributed by atoms with van der Waals surface area (Å²) in [5.41, 5.74) is -0.295. The molecule has 4 heteroatoms. The quantitative estimate of drug-likeness (QED) is 0.642. The summed E-state index contributed by atoms with van der Waals surface area (Å²) in [6.45, 7) is 7.38. The third kappa shape index (κ3) is 2.16. The first kappa shape index (κ1) is 10.9. The van der Waals surface area contributed by atoms with Gasteiger partial charge in [-0.05, 0) is 20.3 Å². The number of nitrogens with zero attached hydrogens (tertiary/aromatic N) is 1. The van der Waals surface area contributed by atoms with Crippen LogP contribution in [0.15, 0.2) is 0 Å². The van der Waals surface area contributed by atoms with Gasteiger partial charge in [-0.1, -0.05) is 0 Å². The van der Waals surface area contributed by atoms with E-state index in [1.807, 2.05) is 18.7 Å². The zero-order chi connectivity index (χ0) is 10.9. The lowest BCUT2D eigenvalue weighted by Crippen LogP contribution is -2.50. The van der Waals surface area contributed by atoms with Crippen LogP contribution in [0, 0.1) is 5.41 Å². The van der Waals surface area contributed by atoms with E-state index in [0.717, 1.165) is 13.0 Å². The number of ether oxygens (including phenoxy) is 2. The van der Waals surface area contributed by atoms with E-state index < -0.39 is 0 Å². The third-order valence-electron chi connectivity index (χ3n) is 3.26. The lowest BCUT2D eigenvalue weighted by molar-refractivity contribution is -0.148. The second-order valence-corrected chi connectivity index (χ2v) is 4.80. The van der Waals surface area contributed by atoms with Crippen LogP contribution in [0.3, 0.4) is 0 Å². The van der Waals surface area contributed by atoms with Crippen molar-refractivity contribution in [3.8, 4) is 0 Å². The standard InChI is InChI=1S/C11H19NO3/c1-9-7-12(4-6-15-9)10(13)11(2)3-5-14-8-11/h9H,3-8H2,1-2H3/t9-,11+/m1/s1. The van der Waals surface area contributed by atoms with Crippen molar-refractivity contribution >= 4 is 5.91 Å². The first-order chi connectivity index (χ1) is 7.12. The first-order valence-electron chi connectivity index (χ1n) is 5.60. The molecule has 0 saturated carbocycles. The van der Waals surface area contributed by atoms with Gasteiger partial charge in [0.1, 0.15) is 0 Å². The van der Waals surface area contributed by atoms with Crippen molar-refractivity contribution in [2.45, 2.75) is 26.4 Å². The number of amides is 1. The second-order valence-electron chi connectivity index (χ2n) is 4.80. The predicted molar refractivity (Wildman–Crippen MR) is 55.5 cm³/mol. The number of rotatable bonds is 1. The van der Waals surface area contributed by atoms with Crippen molar-refractivity contribution in [1.29, 1.82) is 0 Å². The van der Waals surface area contributed by atoms with Gasteiger partial charge in [-0.2, -0.15) is 0 Å². The van der Waals surface area contributed by atoms with Gasteiger partial charge >= 0.3 is 0 Å². The van der Waals surface area contributed by atoms with Crippen molar-refractivity contribution in [1.82, 2.24) is 4.90 Å². The Morgan fingerprint density at radius 3 is 2.87 bits per heavy atom. The molecule has 2 atom stereocenters. The molecule has 0 aromatic heterocycles. The zero-order valence-corrected chi connectivity index (χ0v) is 9.49. The highest BCUT2D eigenvalue weighted by Crippen LogP contribution is 2.30. The molecule has 2 rings (SSSR count). The molecule has 0 unspecified atom stereocenters. The van der Waals surface area contributed by atoms with Crippen LogP contribution in [-0.4, -0.2) is 49.8 Å². The lowest BCUT2D eigenvalue weighted by atomic mass is 9.88. The van der Waals surface area contributed by atoms with Crippen molar-refractivity contribution in [2.24, 2.45) is 5.41 Å². The fourth-order valence-electron chi connectivity index (χ4n) is 2.22. The van der Waals surface area contributed by atoms with E-state index in [1.165, 1.54) is 0 Å². The molecule has 0 N–H and O–H groups in total. The van der Waals surface area contributed by atoms with Crippen LogP contribution in [0.1, 0.15) is 20.3 Å². The van der Waals surface area contributed by atoms with Crippen LogP contribution >= 0.6 is 0 Å². The summed E-state index contributed by atoms with van der Waals surface area (Å²) in [7, 11) is 0. The van der Waals surface area contributed by atoms with Crippen LogP contribution in [0.5, 0.6) is 0 Å². The van der Waals surface area contributed by atoms with Gasteiger partial charge in [-0.15, -0.1) is 0 Å². The molecule has 2 aliphatic rings. The van der Waals surface area contributed by atoms with Crippen LogP contribution in [0.25, 0.3) is 0 Å². The minimum Gasteiger partial charge on any atom is -0.380 e. The van der Waals surface area contributed by atoms with E-state index in [2.05, 4.69) is 0 Å². The highest BCUT2D eigenvalue weighted by atomic mass is 16.5. The van der Waals surface area contributed by atoms with Gasteiger partial charge in [0.2, 0.25) is 5.91 Å². The molecule has 2 aliphatic heterocycles. The molecule has 0 radical (unpaired) electrons. The van der Waals surface area contributed by atoms with Crippen LogP contribution in [-0.2, 0) is 14.3 Å². The Morgan fingerprint density at radius 1 is 1.47 bits per heavy atom. The first-order valence-corrected chi connectivity index (χ1v) is 5.60. The SMILES string of the molecule is C[C@@H]1CN(C(=O)[C@@]2(C)CCOC2)CCO1. The third-order valence-corrected chi connectivity index (χ3v) is 3.26. The second kappa shape index (κ2) is 4.10. The summed E-state index contributed by atoms with van der Waals surface area (Å²) in [5.74, 6) is 0.232. The normalized spacial score (nSPS) is 36.9. The Kier molecular flexibility index (Phi) is 2.98. The van der Waals surface area contributed by atoms with Gasteiger partial charge in [0.25, 0.3) is 0 Å². The molecular weight excluding hydrogens is 194 g/mol. The number of morpholine rings is 1. The Hall–Kier alpha value is -0.610. The minimum absolute atomic E-state index is 0.161. The monoisotopic (exact) mass is 213 g/mol. The molecular formula is C11H19NO3. The fraction of sp³-hybridized carbons (Fsp3) is 0.909. The summed E-state index contributed by atoms with van der Waals surface area (Å²) in [6, 6.07) is 0. The molecule has 0 bridgehead atoms. The predicted octanol–water partition coefficient (Wildman–Crippen LogP) is 0.660. The molecule has 2 heterocycles.